The Balaban J connectivity index is 2.05. The molecule has 3 nitrogen and oxygen atoms in total. The van der Waals surface area contributed by atoms with Gasteiger partial charge in [-0.25, -0.2) is 4.98 Å². The van der Waals surface area contributed by atoms with Crippen LogP contribution in [0.4, 0.5) is 0 Å². The fraction of sp³-hybridized carbons (Fsp3) is 0.158. The Hall–Kier alpha value is -1.98. The maximum absolute atomic E-state index is 11.1. The van der Waals surface area contributed by atoms with Gasteiger partial charge in [0, 0.05) is 32.9 Å². The molecule has 2 aromatic carbocycles. The van der Waals surface area contributed by atoms with Crippen LogP contribution in [-0.4, -0.2) is 11.0 Å². The van der Waals surface area contributed by atoms with Crippen molar-refractivity contribution in [2.75, 3.05) is 0 Å². The summed E-state index contributed by atoms with van der Waals surface area (Å²) in [6, 6.07) is 15.9. The third-order valence-corrected chi connectivity index (χ3v) is 5.36. The number of carboxylic acid groups (broad SMARTS) is 1. The van der Waals surface area contributed by atoms with Crippen molar-refractivity contribution < 1.29 is 9.90 Å². The van der Waals surface area contributed by atoms with E-state index in [-0.39, 0.29) is 6.42 Å². The van der Waals surface area contributed by atoms with Gasteiger partial charge in [-0.05, 0) is 24.1 Å². The summed E-state index contributed by atoms with van der Waals surface area (Å²) in [5.41, 5.74) is 3.87. The summed E-state index contributed by atoms with van der Waals surface area (Å²) in [6.45, 7) is 2.10. The van der Waals surface area contributed by atoms with E-state index in [1.807, 2.05) is 36.4 Å². The zero-order valence-corrected chi connectivity index (χ0v) is 15.5. The molecule has 0 saturated carbocycles. The second-order valence-electron chi connectivity index (χ2n) is 5.40. The number of hydrogen-bond donors (Lipinski definition) is 0. The Kier molecular flexibility index (Phi) is 5.11. The molecule has 0 unspecified atom stereocenters. The Bertz CT molecular complexity index is 854. The van der Waals surface area contributed by atoms with Gasteiger partial charge in [-0.1, -0.05) is 59.3 Å². The number of nitrogens with zero attached hydrogens (tertiary/aromatic N) is 1. The van der Waals surface area contributed by atoms with Gasteiger partial charge in [0.05, 0.1) is 5.69 Å². The van der Waals surface area contributed by atoms with Gasteiger partial charge in [0.1, 0.15) is 5.01 Å². The molecule has 0 aliphatic heterocycles. The molecule has 0 spiro atoms. The third-order valence-electron chi connectivity index (χ3n) is 3.73. The van der Waals surface area contributed by atoms with Gasteiger partial charge < -0.3 is 9.90 Å². The van der Waals surface area contributed by atoms with Crippen molar-refractivity contribution >= 4 is 33.2 Å². The Labute approximate surface area is 153 Å². The number of carboxylic acids is 1. The standard InChI is InChI=1S/C19H16BrNO2S/c1-2-12-3-5-13(6-4-12)18-16(11-17(22)23)24-19(21-18)14-7-9-15(20)10-8-14/h3-10H,2,11H2,1H3,(H,22,23)/p-1. The number of aromatic nitrogens is 1. The molecule has 0 aliphatic rings. The minimum atomic E-state index is -1.09. The average Bonchev–Trinajstić information content (AvgIpc) is 2.98. The number of hydrogen-bond acceptors (Lipinski definition) is 4. The van der Waals surface area contributed by atoms with Crippen molar-refractivity contribution in [3.63, 3.8) is 0 Å². The second kappa shape index (κ2) is 7.28. The molecular weight excluding hydrogens is 386 g/mol. The first-order valence-electron chi connectivity index (χ1n) is 7.61. The van der Waals surface area contributed by atoms with Gasteiger partial charge in [-0.15, -0.1) is 11.3 Å². The van der Waals surface area contributed by atoms with E-state index in [1.54, 1.807) is 0 Å². The molecule has 3 rings (SSSR count). The number of thiazole rings is 1. The molecule has 3 aromatic rings. The molecule has 5 heteroatoms. The number of carbonyl (C=O) groups excluding carboxylic acids is 1. The lowest BCUT2D eigenvalue weighted by Gasteiger charge is -2.04. The summed E-state index contributed by atoms with van der Waals surface area (Å²) in [5, 5.41) is 11.9. The molecule has 0 atom stereocenters. The van der Waals surface area contributed by atoms with Crippen LogP contribution in [0.2, 0.25) is 0 Å². The summed E-state index contributed by atoms with van der Waals surface area (Å²) in [5.74, 6) is -1.09. The zero-order chi connectivity index (χ0) is 17.1. The zero-order valence-electron chi connectivity index (χ0n) is 13.1. The van der Waals surface area contributed by atoms with Crippen molar-refractivity contribution in [1.82, 2.24) is 4.98 Å². The third kappa shape index (κ3) is 3.74. The Morgan fingerprint density at radius 1 is 1.08 bits per heavy atom. The number of carbonyl (C=O) groups is 1. The molecule has 0 aliphatic carbocycles. The predicted octanol–water partition coefficient (Wildman–Crippen LogP) is 4.09. The van der Waals surface area contributed by atoms with Gasteiger partial charge in [-0.3, -0.25) is 0 Å². The van der Waals surface area contributed by atoms with Gasteiger partial charge in [-0.2, -0.15) is 0 Å². The van der Waals surface area contributed by atoms with Crippen LogP contribution in [0.5, 0.6) is 0 Å². The van der Waals surface area contributed by atoms with E-state index >= 15 is 0 Å². The largest absolute Gasteiger partial charge is 0.550 e. The maximum Gasteiger partial charge on any atom is 0.124 e. The monoisotopic (exact) mass is 400 g/mol. The van der Waals surface area contributed by atoms with Crippen LogP contribution in [0.1, 0.15) is 17.4 Å². The van der Waals surface area contributed by atoms with Crippen LogP contribution < -0.4 is 5.11 Å². The van der Waals surface area contributed by atoms with Gasteiger partial charge in [0.25, 0.3) is 0 Å². The second-order valence-corrected chi connectivity index (χ2v) is 7.40. The molecule has 1 aromatic heterocycles. The molecule has 0 saturated heterocycles. The first-order valence-corrected chi connectivity index (χ1v) is 9.22. The van der Waals surface area contributed by atoms with Gasteiger partial charge in [0.15, 0.2) is 0 Å². The van der Waals surface area contributed by atoms with E-state index in [0.29, 0.717) is 0 Å². The molecule has 122 valence electrons. The van der Waals surface area contributed by atoms with Crippen LogP contribution in [0, 0.1) is 0 Å². The number of aryl methyl sites for hydroxylation is 1. The lowest BCUT2D eigenvalue weighted by atomic mass is 10.1. The lowest BCUT2D eigenvalue weighted by molar-refractivity contribution is -0.304. The maximum atomic E-state index is 11.1. The average molecular weight is 401 g/mol. The number of rotatable bonds is 5. The molecule has 0 amide bonds. The van der Waals surface area contributed by atoms with E-state index in [1.165, 1.54) is 16.9 Å². The number of halogens is 1. The molecule has 0 bridgehead atoms. The van der Waals surface area contributed by atoms with Crippen molar-refractivity contribution in [3.8, 4) is 21.8 Å². The highest BCUT2D eigenvalue weighted by Crippen LogP contribution is 2.34. The van der Waals surface area contributed by atoms with E-state index in [9.17, 15) is 9.90 Å². The number of benzene rings is 2. The Morgan fingerprint density at radius 3 is 2.29 bits per heavy atom. The smallest absolute Gasteiger partial charge is 0.124 e. The van der Waals surface area contributed by atoms with E-state index < -0.39 is 5.97 Å². The summed E-state index contributed by atoms with van der Waals surface area (Å²) in [4.78, 5) is 16.5. The predicted molar refractivity (Wildman–Crippen MR) is 98.8 cm³/mol. The normalized spacial score (nSPS) is 10.8. The van der Waals surface area contributed by atoms with Crippen LogP contribution in [0.25, 0.3) is 21.8 Å². The molecule has 0 N–H and O–H groups in total. The lowest BCUT2D eigenvalue weighted by Crippen LogP contribution is -2.24. The summed E-state index contributed by atoms with van der Waals surface area (Å²) in [6.07, 6.45) is 0.840. The van der Waals surface area contributed by atoms with Crippen LogP contribution >= 0.6 is 27.3 Å². The molecule has 0 radical (unpaired) electrons. The van der Waals surface area contributed by atoms with E-state index in [0.717, 1.165) is 37.6 Å². The molecule has 0 fully saturated rings. The number of aliphatic carboxylic acids is 1. The summed E-state index contributed by atoms with van der Waals surface area (Å²) < 4.78 is 0.994. The quantitative estimate of drug-likeness (QED) is 0.647. The molecular formula is C19H15BrNO2S-. The first-order chi connectivity index (χ1) is 11.6. The highest BCUT2D eigenvalue weighted by atomic mass is 79.9. The minimum absolute atomic E-state index is 0.126. The van der Waals surface area contributed by atoms with Gasteiger partial charge >= 0.3 is 0 Å². The van der Waals surface area contributed by atoms with Crippen molar-refractivity contribution in [2.24, 2.45) is 0 Å². The summed E-state index contributed by atoms with van der Waals surface area (Å²) >= 11 is 4.82. The highest BCUT2D eigenvalue weighted by Gasteiger charge is 2.14. The molecule has 24 heavy (non-hydrogen) atoms. The minimum Gasteiger partial charge on any atom is -0.550 e. The van der Waals surface area contributed by atoms with E-state index in [4.69, 9.17) is 4.98 Å². The van der Waals surface area contributed by atoms with Crippen molar-refractivity contribution in [1.29, 1.82) is 0 Å². The highest BCUT2D eigenvalue weighted by molar-refractivity contribution is 9.10. The fourth-order valence-corrected chi connectivity index (χ4v) is 3.78. The fourth-order valence-electron chi connectivity index (χ4n) is 2.44. The topological polar surface area (TPSA) is 53.0 Å². The van der Waals surface area contributed by atoms with Crippen molar-refractivity contribution in [3.05, 3.63) is 63.4 Å². The molecule has 1 heterocycles. The SMILES string of the molecule is CCc1ccc(-c2nc(-c3ccc(Br)cc3)sc2CC(=O)[O-])cc1. The first kappa shape index (κ1) is 16.9. The van der Waals surface area contributed by atoms with Crippen molar-refractivity contribution in [2.45, 2.75) is 19.8 Å². The Morgan fingerprint density at radius 2 is 1.71 bits per heavy atom. The van der Waals surface area contributed by atoms with Crippen LogP contribution in [-0.2, 0) is 17.6 Å². The summed E-state index contributed by atoms with van der Waals surface area (Å²) in [7, 11) is 0. The van der Waals surface area contributed by atoms with Gasteiger partial charge in [0.2, 0.25) is 0 Å². The van der Waals surface area contributed by atoms with Crippen LogP contribution in [0.3, 0.4) is 0 Å². The van der Waals surface area contributed by atoms with E-state index in [2.05, 4.69) is 35.0 Å². The van der Waals surface area contributed by atoms with Crippen LogP contribution in [0.15, 0.2) is 53.0 Å².